The summed E-state index contributed by atoms with van der Waals surface area (Å²) in [6.07, 6.45) is 3.29. The number of carbonyl (C=O) groups excluding carboxylic acids is 1. The van der Waals surface area contributed by atoms with Crippen LogP contribution in [0.4, 0.5) is 0 Å². The quantitative estimate of drug-likeness (QED) is 0.747. The highest BCUT2D eigenvalue weighted by Crippen LogP contribution is 2.15. The van der Waals surface area contributed by atoms with Crippen molar-refractivity contribution in [3.63, 3.8) is 0 Å². The van der Waals surface area contributed by atoms with Gasteiger partial charge in [0.2, 0.25) is 11.8 Å². The van der Waals surface area contributed by atoms with Gasteiger partial charge < -0.3 is 14.5 Å². The van der Waals surface area contributed by atoms with E-state index in [0.29, 0.717) is 17.5 Å². The number of carbonyl (C=O) groups is 1. The summed E-state index contributed by atoms with van der Waals surface area (Å²) in [4.78, 5) is 15.7. The van der Waals surface area contributed by atoms with Gasteiger partial charge in [-0.3, -0.25) is 9.78 Å². The van der Waals surface area contributed by atoms with Gasteiger partial charge in [-0.25, -0.2) is 0 Å². The number of rotatable bonds is 6. The molecule has 1 N–H and O–H groups in total. The highest BCUT2D eigenvalue weighted by molar-refractivity contribution is 5.77. The maximum Gasteiger partial charge on any atom is 0.258 e. The van der Waals surface area contributed by atoms with Crippen LogP contribution < -0.4 is 10.1 Å². The van der Waals surface area contributed by atoms with Crippen LogP contribution in [0.5, 0.6) is 5.75 Å². The van der Waals surface area contributed by atoms with Crippen molar-refractivity contribution in [1.82, 2.24) is 20.5 Å². The summed E-state index contributed by atoms with van der Waals surface area (Å²) in [6.45, 7) is 0.0673. The van der Waals surface area contributed by atoms with Gasteiger partial charge in [-0.2, -0.15) is 0 Å². The van der Waals surface area contributed by atoms with Gasteiger partial charge in [0.25, 0.3) is 5.91 Å². The van der Waals surface area contributed by atoms with Gasteiger partial charge in [-0.1, -0.05) is 18.2 Å². The lowest BCUT2D eigenvalue weighted by molar-refractivity contribution is -0.123. The number of benzene rings is 1. The summed E-state index contributed by atoms with van der Waals surface area (Å²) >= 11 is 0. The summed E-state index contributed by atoms with van der Waals surface area (Å²) in [6, 6.07) is 12.7. The molecule has 0 unspecified atom stereocenters. The lowest BCUT2D eigenvalue weighted by Gasteiger charge is -2.05. The molecule has 2 heterocycles. The van der Waals surface area contributed by atoms with Crippen LogP contribution in [-0.2, 0) is 11.3 Å². The normalized spacial score (nSPS) is 10.3. The van der Waals surface area contributed by atoms with E-state index in [9.17, 15) is 4.79 Å². The van der Waals surface area contributed by atoms with Crippen LogP contribution in [0.2, 0.25) is 0 Å². The molecule has 7 nitrogen and oxygen atoms in total. The summed E-state index contributed by atoms with van der Waals surface area (Å²) in [5.74, 6) is 1.05. The van der Waals surface area contributed by atoms with Gasteiger partial charge in [0, 0.05) is 12.4 Å². The van der Waals surface area contributed by atoms with E-state index in [1.54, 1.807) is 30.6 Å². The Hall–Kier alpha value is -3.22. The molecule has 0 aliphatic carbocycles. The Kier molecular flexibility index (Phi) is 4.58. The largest absolute Gasteiger partial charge is 0.484 e. The first-order chi connectivity index (χ1) is 11.3. The average molecular weight is 310 g/mol. The Balaban J connectivity index is 1.49. The van der Waals surface area contributed by atoms with Crippen molar-refractivity contribution in [2.75, 3.05) is 6.61 Å². The topological polar surface area (TPSA) is 90.1 Å². The van der Waals surface area contributed by atoms with Crippen molar-refractivity contribution in [2.24, 2.45) is 0 Å². The zero-order valence-electron chi connectivity index (χ0n) is 12.2. The second kappa shape index (κ2) is 7.17. The Bertz CT molecular complexity index is 759. The first-order valence-corrected chi connectivity index (χ1v) is 6.98. The molecule has 0 saturated carbocycles. The molecule has 0 radical (unpaired) electrons. The Morgan fingerprint density at radius 2 is 2.00 bits per heavy atom. The Morgan fingerprint density at radius 1 is 1.13 bits per heavy atom. The molecule has 7 heteroatoms. The standard InChI is InChI=1S/C16H14N4O3/c21-14(11-22-13-6-2-1-3-7-13)18-10-15-19-20-16(23-15)12-5-4-8-17-9-12/h1-9H,10-11H2,(H,18,21). The summed E-state index contributed by atoms with van der Waals surface area (Å²) < 4.78 is 10.8. The van der Waals surface area contributed by atoms with E-state index in [-0.39, 0.29) is 19.1 Å². The molecule has 2 aromatic heterocycles. The maximum absolute atomic E-state index is 11.7. The fourth-order valence-electron chi connectivity index (χ4n) is 1.82. The molecule has 0 fully saturated rings. The smallest absolute Gasteiger partial charge is 0.258 e. The van der Waals surface area contributed by atoms with Crippen LogP contribution in [0.15, 0.2) is 59.3 Å². The SMILES string of the molecule is O=C(COc1ccccc1)NCc1nnc(-c2cccnc2)o1. The molecular weight excluding hydrogens is 296 g/mol. The maximum atomic E-state index is 11.7. The number of hydrogen-bond donors (Lipinski definition) is 1. The van der Waals surface area contributed by atoms with E-state index in [0.717, 1.165) is 5.56 Å². The molecule has 0 atom stereocenters. The lowest BCUT2D eigenvalue weighted by atomic mass is 10.3. The Labute approximate surface area is 132 Å². The van der Waals surface area contributed by atoms with Gasteiger partial charge in [0.15, 0.2) is 6.61 Å². The number of amides is 1. The molecule has 1 amide bonds. The number of ether oxygens (including phenoxy) is 1. The minimum absolute atomic E-state index is 0.0758. The molecule has 3 rings (SSSR count). The van der Waals surface area contributed by atoms with Crippen LogP contribution in [0.25, 0.3) is 11.5 Å². The zero-order valence-corrected chi connectivity index (χ0v) is 12.2. The highest BCUT2D eigenvalue weighted by Gasteiger charge is 2.10. The summed E-state index contributed by atoms with van der Waals surface area (Å²) in [5.41, 5.74) is 0.727. The van der Waals surface area contributed by atoms with Crippen molar-refractivity contribution in [1.29, 1.82) is 0 Å². The number of hydrogen-bond acceptors (Lipinski definition) is 6. The lowest BCUT2D eigenvalue weighted by Crippen LogP contribution is -2.28. The first kappa shape index (κ1) is 14.7. The molecule has 0 spiro atoms. The van der Waals surface area contributed by atoms with Crippen LogP contribution >= 0.6 is 0 Å². The number of pyridine rings is 1. The molecule has 3 aromatic rings. The van der Waals surface area contributed by atoms with Crippen molar-refractivity contribution in [2.45, 2.75) is 6.54 Å². The van der Waals surface area contributed by atoms with Gasteiger partial charge >= 0.3 is 0 Å². The molecule has 23 heavy (non-hydrogen) atoms. The van der Waals surface area contributed by atoms with Crippen molar-refractivity contribution < 1.29 is 13.9 Å². The van der Waals surface area contributed by atoms with E-state index < -0.39 is 0 Å². The van der Waals surface area contributed by atoms with Crippen molar-refractivity contribution in [3.8, 4) is 17.2 Å². The number of para-hydroxylation sites is 1. The first-order valence-electron chi connectivity index (χ1n) is 6.98. The number of aromatic nitrogens is 3. The van der Waals surface area contributed by atoms with Gasteiger partial charge in [-0.05, 0) is 24.3 Å². The van der Waals surface area contributed by atoms with Crippen molar-refractivity contribution in [3.05, 3.63) is 60.7 Å². The number of nitrogens with zero attached hydrogens (tertiary/aromatic N) is 3. The molecule has 0 saturated heterocycles. The third-order valence-corrected chi connectivity index (χ3v) is 2.93. The zero-order chi connectivity index (χ0) is 15.9. The van der Waals surface area contributed by atoms with E-state index >= 15 is 0 Å². The van der Waals surface area contributed by atoms with Gasteiger partial charge in [-0.15, -0.1) is 10.2 Å². The van der Waals surface area contributed by atoms with Gasteiger partial charge in [0.1, 0.15) is 5.75 Å². The summed E-state index contributed by atoms with van der Waals surface area (Å²) in [7, 11) is 0. The van der Waals surface area contributed by atoms with Crippen LogP contribution in [0, 0.1) is 0 Å². The highest BCUT2D eigenvalue weighted by atomic mass is 16.5. The molecular formula is C16H14N4O3. The predicted octanol–water partition coefficient (Wildman–Crippen LogP) is 1.83. The third-order valence-electron chi connectivity index (χ3n) is 2.93. The van der Waals surface area contributed by atoms with E-state index in [4.69, 9.17) is 9.15 Å². The molecule has 0 aliphatic rings. The molecule has 116 valence electrons. The third kappa shape index (κ3) is 4.13. The van der Waals surface area contributed by atoms with E-state index in [1.807, 2.05) is 24.3 Å². The minimum atomic E-state index is -0.269. The van der Waals surface area contributed by atoms with Gasteiger partial charge in [0.05, 0.1) is 12.1 Å². The molecule has 1 aromatic carbocycles. The summed E-state index contributed by atoms with van der Waals surface area (Å²) in [5, 5.41) is 10.5. The average Bonchev–Trinajstić information content (AvgIpc) is 3.09. The van der Waals surface area contributed by atoms with Crippen LogP contribution in [0.3, 0.4) is 0 Å². The van der Waals surface area contributed by atoms with E-state index in [2.05, 4.69) is 20.5 Å². The fraction of sp³-hybridized carbons (Fsp3) is 0.125. The fourth-order valence-corrected chi connectivity index (χ4v) is 1.82. The minimum Gasteiger partial charge on any atom is -0.484 e. The monoisotopic (exact) mass is 310 g/mol. The number of nitrogens with one attached hydrogen (secondary N) is 1. The van der Waals surface area contributed by atoms with Crippen LogP contribution in [-0.4, -0.2) is 27.7 Å². The van der Waals surface area contributed by atoms with Crippen LogP contribution in [0.1, 0.15) is 5.89 Å². The molecule has 0 bridgehead atoms. The second-order valence-electron chi connectivity index (χ2n) is 4.62. The Morgan fingerprint density at radius 3 is 2.78 bits per heavy atom. The van der Waals surface area contributed by atoms with E-state index in [1.165, 1.54) is 0 Å². The second-order valence-corrected chi connectivity index (χ2v) is 4.62. The van der Waals surface area contributed by atoms with Crippen molar-refractivity contribution >= 4 is 5.91 Å². The predicted molar refractivity (Wildman–Crippen MR) is 81.3 cm³/mol. The molecule has 0 aliphatic heterocycles.